The van der Waals surface area contributed by atoms with E-state index in [1.807, 2.05) is 0 Å². The number of allylic oxidation sites excluding steroid dienone is 4. The highest BCUT2D eigenvalue weighted by molar-refractivity contribution is 7.64. The van der Waals surface area contributed by atoms with E-state index in [1.165, 1.54) is 36.4 Å². The summed E-state index contributed by atoms with van der Waals surface area (Å²) in [7, 11) is -4.17. The molecule has 2 aromatic rings. The fraction of sp³-hybridized carbons (Fsp3) is 0.308. The number of hydrogen-bond acceptors (Lipinski definition) is 3. The third-order valence-corrected chi connectivity index (χ3v) is 8.98. The first kappa shape index (κ1) is 28.8. The molecule has 1 heterocycles. The Kier molecular flexibility index (Phi) is 7.71. The molecule has 1 aliphatic heterocycles. The quantitative estimate of drug-likeness (QED) is 0.304. The molecule has 2 N–H and O–H groups in total. The predicted octanol–water partition coefficient (Wildman–Crippen LogP) is 6.65. The molecule has 39 heavy (non-hydrogen) atoms. The molecular weight excluding hydrogens is 564 g/mol. The van der Waals surface area contributed by atoms with Crippen LogP contribution < -0.4 is 10.6 Å². The van der Waals surface area contributed by atoms with Crippen molar-refractivity contribution in [2.75, 3.05) is 25.2 Å². The second kappa shape index (κ2) is 10.4. The van der Waals surface area contributed by atoms with Crippen molar-refractivity contribution in [3.63, 3.8) is 0 Å². The second-order valence-corrected chi connectivity index (χ2v) is 13.4. The first-order chi connectivity index (χ1) is 18.1. The van der Waals surface area contributed by atoms with Gasteiger partial charge in [0, 0.05) is 22.8 Å². The lowest BCUT2D eigenvalue weighted by Gasteiger charge is -2.44. The first-order valence-corrected chi connectivity index (χ1v) is 14.7. The minimum Gasteiger partial charge on any atom is -0.326 e. The Hall–Kier alpha value is -3.17. The molecule has 2 aromatic carbocycles. The summed E-state index contributed by atoms with van der Waals surface area (Å²) < 4.78 is 88.0. The topological polar surface area (TPSA) is 78.5 Å². The minimum absolute atomic E-state index is 0.0946. The second-order valence-electron chi connectivity index (χ2n) is 9.59. The number of alkyl halides is 4. The third kappa shape index (κ3) is 5.47. The van der Waals surface area contributed by atoms with Gasteiger partial charge >= 0.3 is 12.2 Å². The highest BCUT2D eigenvalue weighted by atomic mass is 35.5. The van der Waals surface area contributed by atoms with Crippen molar-refractivity contribution in [2.24, 2.45) is 5.92 Å². The van der Waals surface area contributed by atoms with Gasteiger partial charge in [-0.15, -0.1) is 0 Å². The highest BCUT2D eigenvalue weighted by Crippen LogP contribution is 2.68. The number of amides is 3. The molecule has 0 bridgehead atoms. The van der Waals surface area contributed by atoms with Crippen molar-refractivity contribution in [1.29, 1.82) is 0 Å². The van der Waals surface area contributed by atoms with Crippen LogP contribution in [-0.4, -0.2) is 54.3 Å². The lowest BCUT2D eigenvalue weighted by Crippen LogP contribution is -2.51. The van der Waals surface area contributed by atoms with Crippen LogP contribution in [0.25, 0.3) is 5.57 Å². The van der Waals surface area contributed by atoms with Crippen LogP contribution in [0.2, 0.25) is 5.02 Å². The summed E-state index contributed by atoms with van der Waals surface area (Å²) in [6.07, 6.45) is -3.18. The van der Waals surface area contributed by atoms with Gasteiger partial charge in [-0.05, 0) is 49.6 Å². The summed E-state index contributed by atoms with van der Waals surface area (Å²) in [6, 6.07) is 8.76. The number of benzene rings is 2. The zero-order valence-electron chi connectivity index (χ0n) is 20.7. The van der Waals surface area contributed by atoms with Crippen LogP contribution in [0.5, 0.6) is 0 Å². The van der Waals surface area contributed by atoms with E-state index in [-0.39, 0.29) is 29.2 Å². The number of carbonyl (C=O) groups excluding carboxylic acids is 2. The largest absolute Gasteiger partial charge is 0.401 e. The van der Waals surface area contributed by atoms with Crippen LogP contribution in [0.4, 0.5) is 32.4 Å². The summed E-state index contributed by atoms with van der Waals surface area (Å²) in [5, 5.41) is 1.25. The molecule has 1 saturated heterocycles. The third-order valence-electron chi connectivity index (χ3n) is 6.67. The normalized spacial score (nSPS) is 23.8. The van der Waals surface area contributed by atoms with Crippen LogP contribution in [0, 0.1) is 11.7 Å². The lowest BCUT2D eigenvalue weighted by atomic mass is 9.83. The fourth-order valence-electron chi connectivity index (χ4n) is 4.86. The van der Waals surface area contributed by atoms with Gasteiger partial charge in [-0.25, -0.2) is 13.6 Å². The molecule has 13 heteroatoms. The average molecular weight is 588 g/mol. The SMILES string of the molecule is CP(C)(=O)C1(F)C(c2ccccc2)=CC=C(N2CC[C@@H](NC(=O)Nc3ccc(Cl)cc3F)C2=O)C1C(F)(F)F. The number of hydrogen-bond donors (Lipinski definition) is 2. The maximum atomic E-state index is 16.9. The number of halogens is 6. The Balaban J connectivity index is 1.66. The lowest BCUT2D eigenvalue weighted by molar-refractivity contribution is -0.184. The van der Waals surface area contributed by atoms with E-state index in [0.717, 1.165) is 36.4 Å². The van der Waals surface area contributed by atoms with E-state index in [0.29, 0.717) is 0 Å². The Morgan fingerprint density at radius 2 is 1.79 bits per heavy atom. The fourth-order valence-corrected chi connectivity index (χ4v) is 6.70. The molecule has 1 aliphatic carbocycles. The Labute approximate surface area is 226 Å². The van der Waals surface area contributed by atoms with Crippen molar-refractivity contribution >= 4 is 41.9 Å². The molecule has 2 unspecified atom stereocenters. The summed E-state index contributed by atoms with van der Waals surface area (Å²) in [4.78, 5) is 26.3. The van der Waals surface area contributed by atoms with Gasteiger partial charge in [-0.1, -0.05) is 48.0 Å². The minimum atomic E-state index is -5.22. The first-order valence-electron chi connectivity index (χ1n) is 11.8. The van der Waals surface area contributed by atoms with E-state index in [1.54, 1.807) is 6.07 Å². The molecule has 3 amide bonds. The van der Waals surface area contributed by atoms with Crippen LogP contribution in [0.1, 0.15) is 12.0 Å². The molecule has 6 nitrogen and oxygen atoms in total. The van der Waals surface area contributed by atoms with E-state index >= 15 is 4.39 Å². The van der Waals surface area contributed by atoms with Gasteiger partial charge in [-0.2, -0.15) is 13.2 Å². The molecule has 0 spiro atoms. The van der Waals surface area contributed by atoms with E-state index in [4.69, 9.17) is 11.6 Å². The van der Waals surface area contributed by atoms with Crippen LogP contribution in [-0.2, 0) is 9.36 Å². The Bertz CT molecular complexity index is 1410. The maximum Gasteiger partial charge on any atom is 0.401 e. The number of rotatable bonds is 5. The van der Waals surface area contributed by atoms with Gasteiger partial charge in [0.1, 0.15) is 24.9 Å². The van der Waals surface area contributed by atoms with Gasteiger partial charge in [0.25, 0.3) is 0 Å². The molecule has 0 aromatic heterocycles. The van der Waals surface area contributed by atoms with Crippen molar-refractivity contribution in [3.05, 3.63) is 82.8 Å². The summed E-state index contributed by atoms with van der Waals surface area (Å²) in [5.41, 5.74) is -1.19. The summed E-state index contributed by atoms with van der Waals surface area (Å²) in [6.45, 7) is 1.63. The van der Waals surface area contributed by atoms with Gasteiger partial charge in [0.15, 0.2) is 0 Å². The van der Waals surface area contributed by atoms with Crippen molar-refractivity contribution in [1.82, 2.24) is 10.2 Å². The Morgan fingerprint density at radius 3 is 2.38 bits per heavy atom. The average Bonchev–Trinajstić information content (AvgIpc) is 3.19. The Morgan fingerprint density at radius 1 is 1.13 bits per heavy atom. The van der Waals surface area contributed by atoms with Gasteiger partial charge < -0.3 is 20.1 Å². The highest BCUT2D eigenvalue weighted by Gasteiger charge is 2.66. The zero-order valence-corrected chi connectivity index (χ0v) is 22.4. The molecule has 0 saturated carbocycles. The van der Waals surface area contributed by atoms with Gasteiger partial charge in [0.2, 0.25) is 11.3 Å². The molecule has 3 atom stereocenters. The van der Waals surface area contributed by atoms with Crippen LogP contribution in [0.15, 0.2) is 66.4 Å². The monoisotopic (exact) mass is 587 g/mol. The van der Waals surface area contributed by atoms with Gasteiger partial charge in [-0.3, -0.25) is 4.79 Å². The molecule has 4 rings (SSSR count). The molecule has 1 fully saturated rings. The number of likely N-dealkylation sites (tertiary alicyclic amines) is 1. The number of nitrogens with zero attached hydrogens (tertiary/aromatic N) is 1. The molecule has 208 valence electrons. The van der Waals surface area contributed by atoms with E-state index in [9.17, 15) is 31.7 Å². The van der Waals surface area contributed by atoms with E-state index < -0.39 is 59.7 Å². The zero-order chi connectivity index (χ0) is 28.8. The number of anilines is 1. The predicted molar refractivity (Wildman–Crippen MR) is 139 cm³/mol. The van der Waals surface area contributed by atoms with E-state index in [2.05, 4.69) is 10.6 Å². The summed E-state index contributed by atoms with van der Waals surface area (Å²) >= 11 is 5.68. The maximum absolute atomic E-state index is 16.9. The summed E-state index contributed by atoms with van der Waals surface area (Å²) in [5.74, 6) is -4.66. The van der Waals surface area contributed by atoms with Crippen LogP contribution in [0.3, 0.4) is 0 Å². The van der Waals surface area contributed by atoms with Crippen molar-refractivity contribution in [2.45, 2.75) is 24.0 Å². The number of urea groups is 1. The van der Waals surface area contributed by atoms with Crippen molar-refractivity contribution < 1.29 is 36.1 Å². The molecular formula is C26H24ClF5N3O3P. The standard InChI is InChI=1S/C26H24ClF5N3O3P/c1-39(2,38)25(29)17(15-6-4-3-5-7-15)9-11-21(22(25)26(30,31)32)35-13-12-20(23(35)36)34-24(37)33-19-10-8-16(27)14-18(19)28/h3-11,14,20,22H,12-13H2,1-2H3,(H2,33,34,37)/t20-,22?,25?/m1/s1. The van der Waals surface area contributed by atoms with Crippen LogP contribution >= 0.6 is 18.7 Å². The smallest absolute Gasteiger partial charge is 0.326 e. The van der Waals surface area contributed by atoms with Crippen molar-refractivity contribution in [3.8, 4) is 0 Å². The van der Waals surface area contributed by atoms with Gasteiger partial charge in [0.05, 0.1) is 5.69 Å². The molecule has 0 radical (unpaired) electrons. The number of nitrogens with one attached hydrogen (secondary N) is 2. The number of carbonyl (C=O) groups is 2. The molecule has 2 aliphatic rings.